The molecule has 0 radical (unpaired) electrons. The highest BCUT2D eigenvalue weighted by Gasteiger charge is 2.42. The molecule has 0 saturated heterocycles. The fraction of sp³-hybridized carbons (Fsp3) is 0.214. The predicted octanol–water partition coefficient (Wildman–Crippen LogP) is 6.06. The van der Waals surface area contributed by atoms with E-state index in [9.17, 15) is 9.18 Å². The predicted molar refractivity (Wildman–Crippen MR) is 129 cm³/mol. The lowest BCUT2D eigenvalue weighted by atomic mass is 9.95. The standard InChI is InChI=1S/C28H26FN3O2/c1-3-16-34-23-14-10-21(11-15-23)27-24-25(20-8-4-18(2)5-9-20)30-31-26(24)28(33)32(27)17-19-6-12-22(29)13-7-19/h4-15,27H,3,16-17H2,1-2H3,(H,30,31). The average molecular weight is 456 g/mol. The molecule has 0 bridgehead atoms. The quantitative estimate of drug-likeness (QED) is 0.369. The van der Waals surface area contributed by atoms with Crippen molar-refractivity contribution >= 4 is 5.91 Å². The number of hydrogen-bond donors (Lipinski definition) is 1. The number of nitrogens with zero attached hydrogens (tertiary/aromatic N) is 2. The number of halogens is 1. The fourth-order valence-electron chi connectivity index (χ4n) is 4.39. The maximum atomic E-state index is 13.5. The molecule has 1 aliphatic heterocycles. The Labute approximate surface area is 198 Å². The minimum atomic E-state index is -0.331. The summed E-state index contributed by atoms with van der Waals surface area (Å²) in [5.41, 5.74) is 6.05. The molecule has 172 valence electrons. The lowest BCUT2D eigenvalue weighted by Gasteiger charge is -2.26. The summed E-state index contributed by atoms with van der Waals surface area (Å²) < 4.78 is 19.2. The number of fused-ring (bicyclic) bond motifs is 1. The van der Waals surface area contributed by atoms with Gasteiger partial charge in [-0.1, -0.05) is 61.0 Å². The zero-order valence-electron chi connectivity index (χ0n) is 19.2. The minimum Gasteiger partial charge on any atom is -0.494 e. The number of rotatable bonds is 7. The van der Waals surface area contributed by atoms with Gasteiger partial charge in [0.05, 0.1) is 18.3 Å². The summed E-state index contributed by atoms with van der Waals surface area (Å²) in [5, 5.41) is 7.52. The van der Waals surface area contributed by atoms with Crippen LogP contribution in [-0.4, -0.2) is 27.6 Å². The number of nitrogens with one attached hydrogen (secondary N) is 1. The van der Waals surface area contributed by atoms with Gasteiger partial charge in [-0.05, 0) is 48.7 Å². The Morgan fingerprint density at radius 1 is 1.00 bits per heavy atom. The van der Waals surface area contributed by atoms with Crippen LogP contribution in [0.25, 0.3) is 11.3 Å². The molecular formula is C28H26FN3O2. The molecule has 0 spiro atoms. The second kappa shape index (κ2) is 9.14. The zero-order chi connectivity index (χ0) is 23.7. The first-order chi connectivity index (χ1) is 16.5. The lowest BCUT2D eigenvalue weighted by molar-refractivity contribution is 0.0730. The van der Waals surface area contributed by atoms with Crippen LogP contribution in [-0.2, 0) is 6.54 Å². The number of aromatic amines is 1. The summed E-state index contributed by atoms with van der Waals surface area (Å²) in [7, 11) is 0. The third-order valence-electron chi connectivity index (χ3n) is 6.12. The molecule has 6 heteroatoms. The molecule has 1 aromatic heterocycles. The van der Waals surface area contributed by atoms with Crippen molar-refractivity contribution < 1.29 is 13.9 Å². The normalized spacial score (nSPS) is 15.0. The van der Waals surface area contributed by atoms with E-state index in [1.54, 1.807) is 12.1 Å². The molecule has 2 heterocycles. The summed E-state index contributed by atoms with van der Waals surface area (Å²) >= 11 is 0. The second-order valence-corrected chi connectivity index (χ2v) is 8.61. The van der Waals surface area contributed by atoms with Crippen LogP contribution in [0.2, 0.25) is 0 Å². The zero-order valence-corrected chi connectivity index (χ0v) is 19.2. The first kappa shape index (κ1) is 21.9. The van der Waals surface area contributed by atoms with Gasteiger partial charge in [-0.15, -0.1) is 0 Å². The SMILES string of the molecule is CCCOc1ccc(C2c3c(-c4ccc(C)cc4)n[nH]c3C(=O)N2Cc2ccc(F)cc2)cc1. The third-order valence-corrected chi connectivity index (χ3v) is 6.12. The van der Waals surface area contributed by atoms with Gasteiger partial charge >= 0.3 is 0 Å². The van der Waals surface area contributed by atoms with Gasteiger partial charge in [-0.25, -0.2) is 4.39 Å². The van der Waals surface area contributed by atoms with Crippen molar-refractivity contribution in [2.75, 3.05) is 6.61 Å². The van der Waals surface area contributed by atoms with Crippen molar-refractivity contribution in [2.45, 2.75) is 32.9 Å². The van der Waals surface area contributed by atoms with Gasteiger partial charge in [-0.2, -0.15) is 5.10 Å². The monoisotopic (exact) mass is 455 g/mol. The fourth-order valence-corrected chi connectivity index (χ4v) is 4.39. The van der Waals surface area contributed by atoms with E-state index in [1.165, 1.54) is 12.1 Å². The number of benzene rings is 3. The summed E-state index contributed by atoms with van der Waals surface area (Å²) in [4.78, 5) is 15.3. The lowest BCUT2D eigenvalue weighted by Crippen LogP contribution is -2.29. The molecule has 34 heavy (non-hydrogen) atoms. The van der Waals surface area contributed by atoms with E-state index in [0.717, 1.165) is 45.7 Å². The van der Waals surface area contributed by atoms with E-state index in [0.29, 0.717) is 18.8 Å². The first-order valence-corrected chi connectivity index (χ1v) is 11.5. The van der Waals surface area contributed by atoms with Crippen LogP contribution in [0.4, 0.5) is 4.39 Å². The Hall–Kier alpha value is -3.93. The van der Waals surface area contributed by atoms with Crippen molar-refractivity contribution in [1.82, 2.24) is 15.1 Å². The van der Waals surface area contributed by atoms with E-state index in [4.69, 9.17) is 4.74 Å². The Morgan fingerprint density at radius 3 is 2.38 bits per heavy atom. The molecule has 0 saturated carbocycles. The van der Waals surface area contributed by atoms with Crippen molar-refractivity contribution in [1.29, 1.82) is 0 Å². The van der Waals surface area contributed by atoms with E-state index in [-0.39, 0.29) is 17.8 Å². The van der Waals surface area contributed by atoms with Crippen LogP contribution in [0.5, 0.6) is 5.75 Å². The van der Waals surface area contributed by atoms with Crippen molar-refractivity contribution in [3.05, 3.63) is 107 Å². The molecule has 5 rings (SSSR count). The largest absolute Gasteiger partial charge is 0.494 e. The molecule has 1 N–H and O–H groups in total. The molecular weight excluding hydrogens is 429 g/mol. The van der Waals surface area contributed by atoms with Crippen LogP contribution in [0.1, 0.15) is 52.1 Å². The topological polar surface area (TPSA) is 58.2 Å². The highest BCUT2D eigenvalue weighted by molar-refractivity contribution is 6.00. The Bertz CT molecular complexity index is 1300. The number of aryl methyl sites for hydroxylation is 1. The molecule has 4 aromatic rings. The third kappa shape index (κ3) is 4.07. The van der Waals surface area contributed by atoms with Crippen LogP contribution < -0.4 is 4.74 Å². The smallest absolute Gasteiger partial charge is 0.273 e. The van der Waals surface area contributed by atoms with Crippen LogP contribution in [0.3, 0.4) is 0 Å². The van der Waals surface area contributed by atoms with Crippen molar-refractivity contribution in [3.8, 4) is 17.0 Å². The van der Waals surface area contributed by atoms with E-state index in [2.05, 4.69) is 17.1 Å². The Kier molecular flexibility index (Phi) is 5.88. The Balaban J connectivity index is 1.58. The van der Waals surface area contributed by atoms with Crippen LogP contribution in [0, 0.1) is 12.7 Å². The molecule has 0 aliphatic carbocycles. The summed E-state index contributed by atoms with van der Waals surface area (Å²) in [5.74, 6) is 0.375. The average Bonchev–Trinajstić information content (AvgIpc) is 3.39. The number of H-pyrrole nitrogens is 1. The van der Waals surface area contributed by atoms with Gasteiger partial charge < -0.3 is 9.64 Å². The molecule has 3 aromatic carbocycles. The van der Waals surface area contributed by atoms with Crippen LogP contribution >= 0.6 is 0 Å². The number of ether oxygens (including phenoxy) is 1. The molecule has 1 unspecified atom stereocenters. The highest BCUT2D eigenvalue weighted by Crippen LogP contribution is 2.43. The van der Waals surface area contributed by atoms with Gasteiger partial charge in [0.15, 0.2) is 0 Å². The summed E-state index contributed by atoms with van der Waals surface area (Å²) in [6.07, 6.45) is 0.933. The maximum Gasteiger partial charge on any atom is 0.273 e. The van der Waals surface area contributed by atoms with Gasteiger partial charge in [-0.3, -0.25) is 9.89 Å². The van der Waals surface area contributed by atoms with Crippen LogP contribution in [0.15, 0.2) is 72.8 Å². The molecule has 5 nitrogen and oxygen atoms in total. The summed E-state index contributed by atoms with van der Waals surface area (Å²) in [6, 6.07) is 22.0. The maximum absolute atomic E-state index is 13.5. The van der Waals surface area contributed by atoms with E-state index < -0.39 is 0 Å². The van der Waals surface area contributed by atoms with Gasteiger partial charge in [0.25, 0.3) is 5.91 Å². The highest BCUT2D eigenvalue weighted by atomic mass is 19.1. The first-order valence-electron chi connectivity index (χ1n) is 11.5. The minimum absolute atomic E-state index is 0.124. The molecule has 1 aliphatic rings. The Morgan fingerprint density at radius 2 is 1.71 bits per heavy atom. The van der Waals surface area contributed by atoms with E-state index >= 15 is 0 Å². The van der Waals surface area contributed by atoms with Gasteiger partial charge in [0.2, 0.25) is 0 Å². The van der Waals surface area contributed by atoms with Crippen molar-refractivity contribution in [2.24, 2.45) is 0 Å². The second-order valence-electron chi connectivity index (χ2n) is 8.61. The van der Waals surface area contributed by atoms with Gasteiger partial charge in [0, 0.05) is 17.7 Å². The number of carbonyl (C=O) groups is 1. The van der Waals surface area contributed by atoms with Crippen molar-refractivity contribution in [3.63, 3.8) is 0 Å². The summed E-state index contributed by atoms with van der Waals surface area (Å²) in [6.45, 7) is 5.12. The number of amides is 1. The van der Waals surface area contributed by atoms with Gasteiger partial charge in [0.1, 0.15) is 17.3 Å². The molecule has 1 atom stereocenters. The molecule has 0 fully saturated rings. The van der Waals surface area contributed by atoms with E-state index in [1.807, 2.05) is 60.4 Å². The molecule has 1 amide bonds. The number of hydrogen-bond acceptors (Lipinski definition) is 3. The number of aromatic nitrogens is 2. The number of carbonyl (C=O) groups excluding carboxylic acids is 1.